The van der Waals surface area contributed by atoms with Gasteiger partial charge in [-0.3, -0.25) is 0 Å². The summed E-state index contributed by atoms with van der Waals surface area (Å²) in [7, 11) is -0.0428. The summed E-state index contributed by atoms with van der Waals surface area (Å²) in [5.41, 5.74) is 0. The summed E-state index contributed by atoms with van der Waals surface area (Å²) in [5.74, 6) is 0.439. The summed E-state index contributed by atoms with van der Waals surface area (Å²) < 4.78 is 28.9. The Labute approximate surface area is 84.9 Å². The first-order valence-corrected chi connectivity index (χ1v) is 6.18. The van der Waals surface area contributed by atoms with Crippen molar-refractivity contribution >= 4 is 21.6 Å². The zero-order valence-corrected chi connectivity index (χ0v) is 9.57. The van der Waals surface area contributed by atoms with Crippen LogP contribution < -0.4 is 0 Å². The van der Waals surface area contributed by atoms with Gasteiger partial charge in [-0.25, -0.2) is 12.7 Å². The van der Waals surface area contributed by atoms with E-state index in [9.17, 15) is 8.42 Å². The molecule has 0 aromatic carbocycles. The quantitative estimate of drug-likeness (QED) is 0.473. The first-order chi connectivity index (χ1) is 6.04. The number of sulfonamides is 1. The van der Waals surface area contributed by atoms with Crippen LogP contribution in [0, 0.1) is 0 Å². The largest absolute Gasteiger partial charge is 0.385 e. The highest BCUT2D eigenvalue weighted by Crippen LogP contribution is 2.00. The molecule has 0 unspecified atom stereocenters. The first-order valence-electron chi connectivity index (χ1n) is 4.03. The van der Waals surface area contributed by atoms with Gasteiger partial charge in [0.2, 0.25) is 10.0 Å². The number of halogens is 1. The smallest absolute Gasteiger partial charge is 0.213 e. The molecule has 0 saturated heterocycles. The molecule has 0 aliphatic rings. The Balaban J connectivity index is 3.92. The number of rotatable bonds is 7. The van der Waals surface area contributed by atoms with Crippen LogP contribution in [-0.2, 0) is 14.8 Å². The maximum Gasteiger partial charge on any atom is 0.213 e. The van der Waals surface area contributed by atoms with E-state index in [4.69, 9.17) is 16.3 Å². The number of alkyl halides is 1. The highest BCUT2D eigenvalue weighted by Gasteiger charge is 2.15. The van der Waals surface area contributed by atoms with E-state index in [1.165, 1.54) is 11.4 Å². The van der Waals surface area contributed by atoms with Crippen LogP contribution in [0.1, 0.15) is 6.42 Å². The predicted molar refractivity (Wildman–Crippen MR) is 53.6 cm³/mol. The van der Waals surface area contributed by atoms with Gasteiger partial charge >= 0.3 is 0 Å². The molecular formula is C7H16ClNO3S. The summed E-state index contributed by atoms with van der Waals surface area (Å²) >= 11 is 5.43. The summed E-state index contributed by atoms with van der Waals surface area (Å²) in [6.07, 6.45) is 0.519. The van der Waals surface area contributed by atoms with Crippen LogP contribution in [0.15, 0.2) is 0 Å². The summed E-state index contributed by atoms with van der Waals surface area (Å²) in [5, 5.41) is 0. The minimum Gasteiger partial charge on any atom is -0.385 e. The lowest BCUT2D eigenvalue weighted by molar-refractivity contribution is 0.199. The van der Waals surface area contributed by atoms with Crippen LogP contribution in [0.4, 0.5) is 0 Å². The highest BCUT2D eigenvalue weighted by atomic mass is 35.5. The van der Waals surface area contributed by atoms with Gasteiger partial charge in [0.25, 0.3) is 0 Å². The van der Waals surface area contributed by atoms with Crippen LogP contribution >= 0.6 is 11.6 Å². The lowest BCUT2D eigenvalue weighted by Gasteiger charge is -2.15. The monoisotopic (exact) mass is 229 g/mol. The number of methoxy groups -OCH3 is 1. The molecule has 0 atom stereocenters. The summed E-state index contributed by atoms with van der Waals surface area (Å²) in [4.78, 5) is 0. The molecule has 0 saturated carbocycles. The van der Waals surface area contributed by atoms with Gasteiger partial charge in [0, 0.05) is 33.2 Å². The van der Waals surface area contributed by atoms with E-state index in [-0.39, 0.29) is 5.75 Å². The van der Waals surface area contributed by atoms with Crippen LogP contribution in [0.2, 0.25) is 0 Å². The van der Waals surface area contributed by atoms with E-state index < -0.39 is 10.0 Å². The topological polar surface area (TPSA) is 46.6 Å². The maximum atomic E-state index is 11.4. The molecule has 0 aliphatic heterocycles. The Morgan fingerprint density at radius 3 is 2.54 bits per heavy atom. The molecule has 0 spiro atoms. The number of hydrogen-bond donors (Lipinski definition) is 0. The molecule has 0 aromatic heterocycles. The Bertz CT molecular complexity index is 218. The molecule has 0 rings (SSSR count). The van der Waals surface area contributed by atoms with Gasteiger partial charge in [0.1, 0.15) is 0 Å². The average Bonchev–Trinajstić information content (AvgIpc) is 2.05. The lowest BCUT2D eigenvalue weighted by atomic mass is 10.5. The van der Waals surface area contributed by atoms with Crippen LogP contribution in [-0.4, -0.2) is 51.7 Å². The third-order valence-electron chi connectivity index (χ3n) is 1.63. The number of hydrogen-bond acceptors (Lipinski definition) is 3. The Morgan fingerprint density at radius 2 is 2.08 bits per heavy atom. The van der Waals surface area contributed by atoms with Crippen molar-refractivity contribution in [1.82, 2.24) is 4.31 Å². The van der Waals surface area contributed by atoms with Crippen LogP contribution in [0.5, 0.6) is 0 Å². The van der Waals surface area contributed by atoms with E-state index >= 15 is 0 Å². The standard InChI is InChI=1S/C7H16ClNO3S/c1-9(5-4-8)13(10,11)7-3-6-12-2/h3-7H2,1-2H3. The van der Waals surface area contributed by atoms with Gasteiger partial charge in [0.15, 0.2) is 0 Å². The van der Waals surface area contributed by atoms with Gasteiger partial charge in [-0.15, -0.1) is 11.6 Å². The molecule has 0 heterocycles. The Kier molecular flexibility index (Phi) is 6.67. The zero-order chi connectivity index (χ0) is 10.3. The molecule has 0 aliphatic carbocycles. The van der Waals surface area contributed by atoms with Gasteiger partial charge in [0.05, 0.1) is 5.75 Å². The van der Waals surface area contributed by atoms with Crippen molar-refractivity contribution in [2.75, 3.05) is 38.9 Å². The number of ether oxygens (including phenoxy) is 1. The Hall–Kier alpha value is 0.160. The molecule has 0 aromatic rings. The van der Waals surface area contributed by atoms with E-state index in [2.05, 4.69) is 0 Å². The fourth-order valence-corrected chi connectivity index (χ4v) is 2.32. The lowest BCUT2D eigenvalue weighted by Crippen LogP contribution is -2.31. The van der Waals surface area contributed by atoms with Crippen molar-refractivity contribution in [3.05, 3.63) is 0 Å². The molecular weight excluding hydrogens is 214 g/mol. The third kappa shape index (κ3) is 5.46. The van der Waals surface area contributed by atoms with Crippen molar-refractivity contribution in [2.24, 2.45) is 0 Å². The predicted octanol–water partition coefficient (Wildman–Crippen LogP) is 0.523. The van der Waals surface area contributed by atoms with E-state index in [1.54, 1.807) is 7.11 Å². The second kappa shape index (κ2) is 6.59. The third-order valence-corrected chi connectivity index (χ3v) is 3.73. The molecule has 0 radical (unpaired) electrons. The Morgan fingerprint density at radius 1 is 1.46 bits per heavy atom. The van der Waals surface area contributed by atoms with E-state index in [0.717, 1.165) is 0 Å². The second-order valence-electron chi connectivity index (χ2n) is 2.67. The number of nitrogens with zero attached hydrogens (tertiary/aromatic N) is 1. The molecule has 0 fully saturated rings. The van der Waals surface area contributed by atoms with Crippen LogP contribution in [0.25, 0.3) is 0 Å². The molecule has 13 heavy (non-hydrogen) atoms. The fourth-order valence-electron chi connectivity index (χ4n) is 0.800. The van der Waals surface area contributed by atoms with Crippen LogP contribution in [0.3, 0.4) is 0 Å². The van der Waals surface area contributed by atoms with Gasteiger partial charge < -0.3 is 4.74 Å². The second-order valence-corrected chi connectivity index (χ2v) is 5.25. The summed E-state index contributed by atoms with van der Waals surface area (Å²) in [6.45, 7) is 0.824. The van der Waals surface area contributed by atoms with E-state index in [0.29, 0.717) is 25.5 Å². The highest BCUT2D eigenvalue weighted by molar-refractivity contribution is 7.89. The normalized spacial score (nSPS) is 12.3. The molecule has 0 bridgehead atoms. The molecule has 6 heteroatoms. The SMILES string of the molecule is COCCCS(=O)(=O)N(C)CCCl. The minimum atomic E-state index is -3.13. The fraction of sp³-hybridized carbons (Fsp3) is 1.00. The van der Waals surface area contributed by atoms with Crippen molar-refractivity contribution in [2.45, 2.75) is 6.42 Å². The van der Waals surface area contributed by atoms with Crippen molar-refractivity contribution in [3.8, 4) is 0 Å². The maximum absolute atomic E-state index is 11.4. The van der Waals surface area contributed by atoms with Crippen molar-refractivity contribution in [1.29, 1.82) is 0 Å². The molecule has 4 nitrogen and oxygen atoms in total. The first kappa shape index (κ1) is 13.2. The molecule has 80 valence electrons. The minimum absolute atomic E-state index is 0.119. The van der Waals surface area contributed by atoms with Gasteiger partial charge in [-0.2, -0.15) is 0 Å². The zero-order valence-electron chi connectivity index (χ0n) is 7.99. The van der Waals surface area contributed by atoms with Crippen molar-refractivity contribution in [3.63, 3.8) is 0 Å². The summed E-state index contributed by atoms with van der Waals surface area (Å²) in [6, 6.07) is 0. The van der Waals surface area contributed by atoms with Crippen molar-refractivity contribution < 1.29 is 13.2 Å². The van der Waals surface area contributed by atoms with Gasteiger partial charge in [-0.1, -0.05) is 0 Å². The average molecular weight is 230 g/mol. The molecule has 0 N–H and O–H groups in total. The molecule has 0 amide bonds. The van der Waals surface area contributed by atoms with E-state index in [1.807, 2.05) is 0 Å². The van der Waals surface area contributed by atoms with Gasteiger partial charge in [-0.05, 0) is 6.42 Å².